The number of likely N-dealkylation sites (N-methyl/N-ethyl adjacent to an activating group) is 1. The molecule has 1 unspecified atom stereocenters. The van der Waals surface area contributed by atoms with Crippen LogP contribution in [-0.2, 0) is 4.74 Å². The summed E-state index contributed by atoms with van der Waals surface area (Å²) in [5.74, 6) is 0. The Morgan fingerprint density at radius 2 is 2.21 bits per heavy atom. The maximum absolute atomic E-state index is 5.91. The second-order valence-corrected chi connectivity index (χ2v) is 6.22. The molecule has 1 aliphatic rings. The highest BCUT2D eigenvalue weighted by atomic mass is 32.1. The Morgan fingerprint density at radius 3 is 2.84 bits per heavy atom. The summed E-state index contributed by atoms with van der Waals surface area (Å²) in [5.41, 5.74) is 1.39. The third kappa shape index (κ3) is 2.10. The normalized spacial score (nSPS) is 19.3. The van der Waals surface area contributed by atoms with Crippen molar-refractivity contribution in [2.45, 2.75) is 37.8 Å². The Morgan fingerprint density at radius 1 is 1.37 bits per heavy atom. The largest absolute Gasteiger partial charge is 0.376 e. The van der Waals surface area contributed by atoms with E-state index in [4.69, 9.17) is 4.74 Å². The van der Waals surface area contributed by atoms with Gasteiger partial charge in [0.1, 0.15) is 0 Å². The summed E-state index contributed by atoms with van der Waals surface area (Å²) in [6.07, 6.45) is 3.59. The van der Waals surface area contributed by atoms with Gasteiger partial charge in [-0.25, -0.2) is 0 Å². The Labute approximate surface area is 118 Å². The number of rotatable bonds is 5. The summed E-state index contributed by atoms with van der Waals surface area (Å²) >= 11 is 1.83. The average Bonchev–Trinajstić information content (AvgIpc) is 2.85. The van der Waals surface area contributed by atoms with Gasteiger partial charge in [-0.3, -0.25) is 0 Å². The predicted molar refractivity (Wildman–Crippen MR) is 81.8 cm³/mol. The molecule has 1 aliphatic carbocycles. The highest BCUT2D eigenvalue weighted by Crippen LogP contribution is 2.46. The van der Waals surface area contributed by atoms with Gasteiger partial charge in [0.25, 0.3) is 0 Å². The first kappa shape index (κ1) is 13.1. The molecule has 102 valence electrons. The molecule has 2 aromatic rings. The van der Waals surface area contributed by atoms with Gasteiger partial charge in [0.15, 0.2) is 0 Å². The van der Waals surface area contributed by atoms with Crippen LogP contribution in [0.4, 0.5) is 0 Å². The van der Waals surface area contributed by atoms with Gasteiger partial charge >= 0.3 is 0 Å². The quantitative estimate of drug-likeness (QED) is 0.886. The molecule has 3 heteroatoms. The van der Waals surface area contributed by atoms with Crippen molar-refractivity contribution in [1.82, 2.24) is 5.32 Å². The third-order valence-corrected chi connectivity index (χ3v) is 5.34. The van der Waals surface area contributed by atoms with Gasteiger partial charge in [-0.15, -0.1) is 11.3 Å². The Balaban J connectivity index is 2.06. The van der Waals surface area contributed by atoms with Crippen molar-refractivity contribution in [2.24, 2.45) is 0 Å². The minimum absolute atomic E-state index is 0.00567. The van der Waals surface area contributed by atoms with E-state index in [0.717, 1.165) is 19.4 Å². The molecule has 0 bridgehead atoms. The molecule has 1 N–H and O–H groups in total. The molecule has 1 heterocycles. The molecule has 1 aromatic heterocycles. The molecule has 1 saturated carbocycles. The zero-order valence-corrected chi connectivity index (χ0v) is 12.4. The molecule has 0 radical (unpaired) electrons. The molecule has 0 saturated heterocycles. The molecular weight excluding hydrogens is 254 g/mol. The maximum atomic E-state index is 5.91. The fraction of sp³-hybridized carbons (Fsp3) is 0.500. The van der Waals surface area contributed by atoms with Gasteiger partial charge in [-0.1, -0.05) is 25.1 Å². The number of ether oxygens (including phenoxy) is 1. The first-order valence-electron chi connectivity index (χ1n) is 7.05. The number of benzene rings is 1. The highest BCUT2D eigenvalue weighted by Gasteiger charge is 2.45. The van der Waals surface area contributed by atoms with Crippen LogP contribution in [0.5, 0.6) is 0 Å². The number of hydrogen-bond acceptors (Lipinski definition) is 3. The zero-order valence-electron chi connectivity index (χ0n) is 11.6. The molecule has 1 aromatic carbocycles. The second kappa shape index (κ2) is 5.23. The van der Waals surface area contributed by atoms with Crippen LogP contribution in [0.25, 0.3) is 10.1 Å². The van der Waals surface area contributed by atoms with E-state index >= 15 is 0 Å². The predicted octanol–water partition coefficient (Wildman–Crippen LogP) is 4.12. The Bertz CT molecular complexity index is 553. The van der Waals surface area contributed by atoms with Crippen molar-refractivity contribution in [3.8, 4) is 0 Å². The van der Waals surface area contributed by atoms with Crippen molar-refractivity contribution in [3.05, 3.63) is 35.2 Å². The second-order valence-electron chi connectivity index (χ2n) is 5.30. The van der Waals surface area contributed by atoms with E-state index in [1.54, 1.807) is 0 Å². The van der Waals surface area contributed by atoms with E-state index in [2.05, 4.69) is 41.9 Å². The van der Waals surface area contributed by atoms with Crippen LogP contribution in [0.15, 0.2) is 29.6 Å². The van der Waals surface area contributed by atoms with E-state index < -0.39 is 0 Å². The van der Waals surface area contributed by atoms with Crippen LogP contribution in [-0.4, -0.2) is 19.3 Å². The van der Waals surface area contributed by atoms with Gasteiger partial charge in [0.2, 0.25) is 0 Å². The van der Waals surface area contributed by atoms with Gasteiger partial charge in [0, 0.05) is 11.8 Å². The summed E-state index contributed by atoms with van der Waals surface area (Å²) in [6, 6.07) is 9.12. The van der Waals surface area contributed by atoms with Crippen LogP contribution in [0.2, 0.25) is 0 Å². The Kier molecular flexibility index (Phi) is 3.61. The van der Waals surface area contributed by atoms with Crippen LogP contribution in [0.3, 0.4) is 0 Å². The lowest BCUT2D eigenvalue weighted by Crippen LogP contribution is -2.50. The molecule has 0 spiro atoms. The topological polar surface area (TPSA) is 21.3 Å². The summed E-state index contributed by atoms with van der Waals surface area (Å²) in [7, 11) is 1.86. The zero-order chi connectivity index (χ0) is 13.3. The lowest BCUT2D eigenvalue weighted by molar-refractivity contribution is -0.0991. The van der Waals surface area contributed by atoms with Crippen molar-refractivity contribution in [1.29, 1.82) is 0 Å². The monoisotopic (exact) mass is 275 g/mol. The number of fused-ring (bicyclic) bond motifs is 1. The molecule has 1 fully saturated rings. The standard InChI is InChI=1S/C16H21NOS/c1-3-17-15(16(18-2)9-5-10-16)13-7-4-6-12-8-11-19-14(12)13/h4,6-8,11,15,17H,3,5,9-10H2,1-2H3. The van der Waals surface area contributed by atoms with Gasteiger partial charge in [-0.2, -0.15) is 0 Å². The van der Waals surface area contributed by atoms with Crippen LogP contribution in [0.1, 0.15) is 37.8 Å². The smallest absolute Gasteiger partial charge is 0.0873 e. The van der Waals surface area contributed by atoms with E-state index in [0.29, 0.717) is 6.04 Å². The lowest BCUT2D eigenvalue weighted by atomic mass is 9.72. The fourth-order valence-corrected chi connectivity index (χ4v) is 4.11. The van der Waals surface area contributed by atoms with Gasteiger partial charge < -0.3 is 10.1 Å². The van der Waals surface area contributed by atoms with Crippen molar-refractivity contribution < 1.29 is 4.74 Å². The molecule has 0 amide bonds. The summed E-state index contributed by atoms with van der Waals surface area (Å²) in [6.45, 7) is 3.14. The van der Waals surface area contributed by atoms with Crippen LogP contribution in [0, 0.1) is 0 Å². The van der Waals surface area contributed by atoms with Crippen molar-refractivity contribution in [3.63, 3.8) is 0 Å². The lowest BCUT2D eigenvalue weighted by Gasteiger charge is -2.47. The van der Waals surface area contributed by atoms with Gasteiger partial charge in [-0.05, 0) is 48.2 Å². The number of thiophene rings is 1. The van der Waals surface area contributed by atoms with E-state index in [9.17, 15) is 0 Å². The Hall–Kier alpha value is -0.900. The minimum Gasteiger partial charge on any atom is -0.376 e. The SMILES string of the molecule is CCNC(c1cccc2ccsc12)C1(OC)CCC1. The molecule has 19 heavy (non-hydrogen) atoms. The molecule has 3 rings (SSSR count). The highest BCUT2D eigenvalue weighted by molar-refractivity contribution is 7.17. The van der Waals surface area contributed by atoms with Crippen LogP contribution >= 0.6 is 11.3 Å². The van der Waals surface area contributed by atoms with Gasteiger partial charge in [0.05, 0.1) is 11.6 Å². The van der Waals surface area contributed by atoms with Crippen LogP contribution < -0.4 is 5.32 Å². The van der Waals surface area contributed by atoms with E-state index in [-0.39, 0.29) is 5.60 Å². The molecule has 0 aliphatic heterocycles. The van der Waals surface area contributed by atoms with E-state index in [1.165, 1.54) is 22.1 Å². The first-order valence-corrected chi connectivity index (χ1v) is 7.93. The van der Waals surface area contributed by atoms with E-state index in [1.807, 2.05) is 18.4 Å². The minimum atomic E-state index is -0.00567. The molecular formula is C16H21NOS. The van der Waals surface area contributed by atoms with Crippen molar-refractivity contribution >= 4 is 21.4 Å². The number of methoxy groups -OCH3 is 1. The summed E-state index contributed by atoms with van der Waals surface area (Å²) in [4.78, 5) is 0. The summed E-state index contributed by atoms with van der Waals surface area (Å²) < 4.78 is 7.31. The molecule has 2 nitrogen and oxygen atoms in total. The number of hydrogen-bond donors (Lipinski definition) is 1. The number of nitrogens with one attached hydrogen (secondary N) is 1. The average molecular weight is 275 g/mol. The van der Waals surface area contributed by atoms with Crippen molar-refractivity contribution in [2.75, 3.05) is 13.7 Å². The third-order valence-electron chi connectivity index (χ3n) is 4.36. The fourth-order valence-electron chi connectivity index (χ4n) is 3.16. The maximum Gasteiger partial charge on any atom is 0.0873 e. The first-order chi connectivity index (χ1) is 9.30. The molecule has 1 atom stereocenters. The summed E-state index contributed by atoms with van der Waals surface area (Å²) in [5, 5.41) is 7.18.